The molecule has 2 nitrogen and oxygen atoms in total. The molecule has 0 saturated carbocycles. The lowest BCUT2D eigenvalue weighted by Crippen LogP contribution is -1.90. The van der Waals surface area contributed by atoms with Gasteiger partial charge in [0, 0.05) is 0 Å². The van der Waals surface area contributed by atoms with Crippen LogP contribution in [0.25, 0.3) is 11.1 Å². The van der Waals surface area contributed by atoms with Gasteiger partial charge in [-0.25, -0.2) is 0 Å². The van der Waals surface area contributed by atoms with E-state index in [9.17, 15) is 5.11 Å². The second-order valence-corrected chi connectivity index (χ2v) is 5.59. The van der Waals surface area contributed by atoms with Crippen LogP contribution in [-0.4, -0.2) is 5.11 Å². The molecule has 2 aromatic carbocycles. The minimum Gasteiger partial charge on any atom is -0.507 e. The molecule has 1 N–H and O–H groups in total. The molecule has 20 heavy (non-hydrogen) atoms. The predicted molar refractivity (Wildman–Crippen MR) is 79.7 cm³/mol. The molecule has 0 heterocycles. The fraction of sp³-hybridized carbons (Fsp3) is 0.278. The zero-order valence-electron chi connectivity index (χ0n) is 11.8. The van der Waals surface area contributed by atoms with Gasteiger partial charge in [0.05, 0.1) is 12.0 Å². The standard InChI is InChI=1S/C18H17NO/c1-11-7-16(8-12(2)18(11)20)13-5-6-17-14(9-13)3-4-15(17)10-19/h5-9,15,20H,3-4H2,1-2H3. The second-order valence-electron chi connectivity index (χ2n) is 5.59. The fourth-order valence-corrected chi connectivity index (χ4v) is 3.05. The third-order valence-corrected chi connectivity index (χ3v) is 4.20. The van der Waals surface area contributed by atoms with Crippen LogP contribution >= 0.6 is 0 Å². The molecule has 1 atom stereocenters. The molecule has 3 rings (SSSR count). The zero-order valence-corrected chi connectivity index (χ0v) is 11.8. The van der Waals surface area contributed by atoms with Gasteiger partial charge in [0.1, 0.15) is 5.75 Å². The van der Waals surface area contributed by atoms with Crippen LogP contribution in [0.1, 0.15) is 34.6 Å². The van der Waals surface area contributed by atoms with Gasteiger partial charge in [0.25, 0.3) is 0 Å². The maximum atomic E-state index is 9.86. The van der Waals surface area contributed by atoms with E-state index in [4.69, 9.17) is 5.26 Å². The minimum atomic E-state index is 0.0577. The van der Waals surface area contributed by atoms with Gasteiger partial charge in [-0.05, 0) is 72.2 Å². The molecule has 1 aliphatic carbocycles. The van der Waals surface area contributed by atoms with Gasteiger partial charge in [-0.1, -0.05) is 18.2 Å². The Morgan fingerprint density at radius 3 is 2.45 bits per heavy atom. The second kappa shape index (κ2) is 4.68. The first-order valence-corrected chi connectivity index (χ1v) is 6.93. The molecule has 0 saturated heterocycles. The van der Waals surface area contributed by atoms with Crippen molar-refractivity contribution in [3.8, 4) is 22.9 Å². The third-order valence-electron chi connectivity index (χ3n) is 4.20. The topological polar surface area (TPSA) is 44.0 Å². The number of phenolic OH excluding ortho intramolecular Hbond substituents is 1. The summed E-state index contributed by atoms with van der Waals surface area (Å²) in [6.07, 6.45) is 1.92. The molecule has 100 valence electrons. The van der Waals surface area contributed by atoms with E-state index in [2.05, 4.69) is 24.3 Å². The first-order chi connectivity index (χ1) is 9.60. The van der Waals surface area contributed by atoms with E-state index in [0.717, 1.165) is 35.1 Å². The minimum absolute atomic E-state index is 0.0577. The molecule has 2 aromatic rings. The summed E-state index contributed by atoms with van der Waals surface area (Å²) in [5.41, 5.74) is 6.56. The SMILES string of the molecule is Cc1cc(-c2ccc3c(c2)CCC3C#N)cc(C)c1O. The predicted octanol–water partition coefficient (Wildman–Crippen LogP) is 4.23. The first kappa shape index (κ1) is 12.7. The van der Waals surface area contributed by atoms with Gasteiger partial charge in [-0.15, -0.1) is 0 Å². The van der Waals surface area contributed by atoms with Crippen molar-refractivity contribution in [1.82, 2.24) is 0 Å². The van der Waals surface area contributed by atoms with Gasteiger partial charge >= 0.3 is 0 Å². The van der Waals surface area contributed by atoms with Crippen molar-refractivity contribution in [2.75, 3.05) is 0 Å². The summed E-state index contributed by atoms with van der Waals surface area (Å²) in [6.45, 7) is 3.84. The number of nitriles is 1. The van der Waals surface area contributed by atoms with E-state index >= 15 is 0 Å². The Bertz CT molecular complexity index is 702. The molecule has 0 amide bonds. The number of aryl methyl sites for hydroxylation is 3. The average molecular weight is 263 g/mol. The van der Waals surface area contributed by atoms with Crippen LogP contribution in [0.15, 0.2) is 30.3 Å². The van der Waals surface area contributed by atoms with E-state index in [1.165, 1.54) is 11.1 Å². The van der Waals surface area contributed by atoms with Crippen molar-refractivity contribution in [3.05, 3.63) is 52.6 Å². The quantitative estimate of drug-likeness (QED) is 0.836. The normalized spacial score (nSPS) is 16.8. The summed E-state index contributed by atoms with van der Waals surface area (Å²) in [5.74, 6) is 0.432. The van der Waals surface area contributed by atoms with Gasteiger partial charge in [0.15, 0.2) is 0 Å². The number of nitrogens with zero attached hydrogens (tertiary/aromatic N) is 1. The van der Waals surface area contributed by atoms with E-state index < -0.39 is 0 Å². The van der Waals surface area contributed by atoms with Crippen LogP contribution < -0.4 is 0 Å². The van der Waals surface area contributed by atoms with E-state index in [1.54, 1.807) is 0 Å². The monoisotopic (exact) mass is 263 g/mol. The number of phenols is 1. The number of hydrogen-bond donors (Lipinski definition) is 1. The largest absolute Gasteiger partial charge is 0.507 e. The number of aromatic hydroxyl groups is 1. The van der Waals surface area contributed by atoms with Crippen LogP contribution in [0.5, 0.6) is 5.75 Å². The van der Waals surface area contributed by atoms with Crippen molar-refractivity contribution >= 4 is 0 Å². The first-order valence-electron chi connectivity index (χ1n) is 6.93. The summed E-state index contributed by atoms with van der Waals surface area (Å²) < 4.78 is 0. The van der Waals surface area contributed by atoms with Crippen molar-refractivity contribution in [2.45, 2.75) is 32.6 Å². The van der Waals surface area contributed by atoms with Crippen molar-refractivity contribution in [3.63, 3.8) is 0 Å². The van der Waals surface area contributed by atoms with Crippen LogP contribution in [0, 0.1) is 25.2 Å². The molecular formula is C18H17NO. The molecule has 0 aliphatic heterocycles. The smallest absolute Gasteiger partial charge is 0.121 e. The van der Waals surface area contributed by atoms with Gasteiger partial charge in [-0.3, -0.25) is 0 Å². The Balaban J connectivity index is 2.07. The van der Waals surface area contributed by atoms with E-state index in [0.29, 0.717) is 5.75 Å². The number of benzene rings is 2. The Labute approximate surface area is 119 Å². The molecule has 0 bridgehead atoms. The van der Waals surface area contributed by atoms with Crippen LogP contribution in [0.3, 0.4) is 0 Å². The highest BCUT2D eigenvalue weighted by atomic mass is 16.3. The highest BCUT2D eigenvalue weighted by Crippen LogP contribution is 2.36. The number of rotatable bonds is 1. The number of hydrogen-bond acceptors (Lipinski definition) is 2. The zero-order chi connectivity index (χ0) is 14.3. The van der Waals surface area contributed by atoms with Crippen molar-refractivity contribution in [1.29, 1.82) is 5.26 Å². The molecular weight excluding hydrogens is 246 g/mol. The summed E-state index contributed by atoms with van der Waals surface area (Å²) in [4.78, 5) is 0. The number of fused-ring (bicyclic) bond motifs is 1. The highest BCUT2D eigenvalue weighted by Gasteiger charge is 2.22. The molecule has 0 aromatic heterocycles. The summed E-state index contributed by atoms with van der Waals surface area (Å²) >= 11 is 0. The lowest BCUT2D eigenvalue weighted by atomic mass is 9.95. The van der Waals surface area contributed by atoms with Gasteiger partial charge in [0.2, 0.25) is 0 Å². The Morgan fingerprint density at radius 2 is 1.80 bits per heavy atom. The summed E-state index contributed by atoms with van der Waals surface area (Å²) in [6, 6.07) is 12.8. The average Bonchev–Trinajstić information content (AvgIpc) is 2.86. The Kier molecular flexibility index (Phi) is 2.99. The highest BCUT2D eigenvalue weighted by molar-refractivity contribution is 5.69. The summed E-state index contributed by atoms with van der Waals surface area (Å²) in [5, 5.41) is 19.0. The molecule has 1 unspecified atom stereocenters. The lowest BCUT2D eigenvalue weighted by molar-refractivity contribution is 0.467. The molecule has 2 heteroatoms. The van der Waals surface area contributed by atoms with Gasteiger partial charge < -0.3 is 5.11 Å². The Hall–Kier alpha value is -2.27. The van der Waals surface area contributed by atoms with Crippen LogP contribution in [0.4, 0.5) is 0 Å². The fourth-order valence-electron chi connectivity index (χ4n) is 3.05. The molecule has 1 aliphatic rings. The maximum Gasteiger partial charge on any atom is 0.121 e. The van der Waals surface area contributed by atoms with Gasteiger partial charge in [-0.2, -0.15) is 5.26 Å². The van der Waals surface area contributed by atoms with E-state index in [-0.39, 0.29) is 5.92 Å². The maximum absolute atomic E-state index is 9.86. The van der Waals surface area contributed by atoms with Crippen molar-refractivity contribution < 1.29 is 5.11 Å². The third kappa shape index (κ3) is 1.96. The molecule has 0 fully saturated rings. The van der Waals surface area contributed by atoms with Crippen molar-refractivity contribution in [2.24, 2.45) is 0 Å². The van der Waals surface area contributed by atoms with Crippen LogP contribution in [0.2, 0.25) is 0 Å². The summed E-state index contributed by atoms with van der Waals surface area (Å²) in [7, 11) is 0. The van der Waals surface area contributed by atoms with Crippen LogP contribution in [-0.2, 0) is 6.42 Å². The molecule has 0 spiro atoms. The Morgan fingerprint density at radius 1 is 1.10 bits per heavy atom. The molecule has 0 radical (unpaired) electrons. The lowest BCUT2D eigenvalue weighted by Gasteiger charge is -2.10. The van der Waals surface area contributed by atoms with E-state index in [1.807, 2.05) is 26.0 Å².